The zero-order chi connectivity index (χ0) is 20.2. The summed E-state index contributed by atoms with van der Waals surface area (Å²) >= 11 is 0. The number of aromatic nitrogens is 2. The van der Waals surface area contributed by atoms with E-state index in [4.69, 9.17) is 4.74 Å². The van der Waals surface area contributed by atoms with Crippen molar-refractivity contribution in [1.29, 1.82) is 0 Å². The van der Waals surface area contributed by atoms with Gasteiger partial charge in [-0.2, -0.15) is 5.10 Å². The van der Waals surface area contributed by atoms with Gasteiger partial charge in [-0.25, -0.2) is 4.39 Å². The van der Waals surface area contributed by atoms with Gasteiger partial charge in [-0.05, 0) is 42.0 Å². The van der Waals surface area contributed by atoms with Gasteiger partial charge in [-0.3, -0.25) is 14.7 Å². The Balaban J connectivity index is 1.29. The second kappa shape index (κ2) is 8.14. The molecule has 2 N–H and O–H groups in total. The van der Waals surface area contributed by atoms with Crippen LogP contribution in [0.15, 0.2) is 60.9 Å². The van der Waals surface area contributed by atoms with E-state index < -0.39 is 5.92 Å². The lowest BCUT2D eigenvalue weighted by Gasteiger charge is -2.14. The SMILES string of the molecule is O=C(NCc1ccc(Oc2ccc(F)cc2)cc1)[C@@H]1CC(=O)N(c2cn[nH]c2)C1. The lowest BCUT2D eigenvalue weighted by atomic mass is 10.1. The smallest absolute Gasteiger partial charge is 0.227 e. The van der Waals surface area contributed by atoms with E-state index in [1.165, 1.54) is 12.1 Å². The molecule has 2 heterocycles. The summed E-state index contributed by atoms with van der Waals surface area (Å²) in [6.07, 6.45) is 3.38. The number of amides is 2. The first-order valence-corrected chi connectivity index (χ1v) is 9.18. The molecule has 0 aliphatic carbocycles. The summed E-state index contributed by atoms with van der Waals surface area (Å²) in [7, 11) is 0. The predicted octanol–water partition coefficient (Wildman–Crippen LogP) is 3.01. The van der Waals surface area contributed by atoms with Crippen LogP contribution in [0, 0.1) is 11.7 Å². The number of carbonyl (C=O) groups excluding carboxylic acids is 2. The maximum atomic E-state index is 12.9. The number of nitrogens with zero attached hydrogens (tertiary/aromatic N) is 2. The summed E-state index contributed by atoms with van der Waals surface area (Å²) in [5, 5.41) is 9.39. The van der Waals surface area contributed by atoms with E-state index in [-0.39, 0.29) is 24.1 Å². The third-order valence-electron chi connectivity index (χ3n) is 4.73. The number of hydrogen-bond donors (Lipinski definition) is 2. The van der Waals surface area contributed by atoms with Crippen molar-refractivity contribution < 1.29 is 18.7 Å². The van der Waals surface area contributed by atoms with Crippen LogP contribution in [0.3, 0.4) is 0 Å². The quantitative estimate of drug-likeness (QED) is 0.673. The Kier molecular flexibility index (Phi) is 5.24. The molecule has 0 radical (unpaired) electrons. The molecule has 0 spiro atoms. The molecule has 148 valence electrons. The second-order valence-corrected chi connectivity index (χ2v) is 6.78. The molecule has 0 unspecified atom stereocenters. The van der Waals surface area contributed by atoms with E-state index in [1.54, 1.807) is 41.6 Å². The van der Waals surface area contributed by atoms with Gasteiger partial charge in [0.05, 0.1) is 17.8 Å². The Bertz CT molecular complexity index is 988. The molecule has 8 heteroatoms. The summed E-state index contributed by atoms with van der Waals surface area (Å²) in [5.41, 5.74) is 1.57. The number of anilines is 1. The Morgan fingerprint density at radius 1 is 1.17 bits per heavy atom. The lowest BCUT2D eigenvalue weighted by Crippen LogP contribution is -2.32. The van der Waals surface area contributed by atoms with Crippen LogP contribution in [0.4, 0.5) is 10.1 Å². The van der Waals surface area contributed by atoms with Crippen molar-refractivity contribution >= 4 is 17.5 Å². The summed E-state index contributed by atoms with van der Waals surface area (Å²) in [6, 6.07) is 13.0. The Morgan fingerprint density at radius 3 is 2.52 bits per heavy atom. The first-order chi connectivity index (χ1) is 14.1. The van der Waals surface area contributed by atoms with Gasteiger partial charge in [0, 0.05) is 25.7 Å². The Morgan fingerprint density at radius 2 is 1.86 bits per heavy atom. The number of rotatable bonds is 6. The third-order valence-corrected chi connectivity index (χ3v) is 4.73. The minimum atomic E-state index is -0.390. The topological polar surface area (TPSA) is 87.3 Å². The zero-order valence-electron chi connectivity index (χ0n) is 15.5. The van der Waals surface area contributed by atoms with Gasteiger partial charge in [-0.1, -0.05) is 12.1 Å². The van der Waals surface area contributed by atoms with Gasteiger partial charge in [0.25, 0.3) is 0 Å². The molecule has 7 nitrogen and oxygen atoms in total. The van der Waals surface area contributed by atoms with Gasteiger partial charge in [-0.15, -0.1) is 0 Å². The minimum absolute atomic E-state index is 0.0890. The van der Waals surface area contributed by atoms with E-state index in [1.807, 2.05) is 12.1 Å². The first kappa shape index (κ1) is 18.7. The van der Waals surface area contributed by atoms with Crippen LogP contribution < -0.4 is 15.0 Å². The van der Waals surface area contributed by atoms with Crippen molar-refractivity contribution in [3.63, 3.8) is 0 Å². The van der Waals surface area contributed by atoms with E-state index in [0.717, 1.165) is 5.56 Å². The molecular formula is C21H19FN4O3. The normalized spacial score (nSPS) is 16.1. The molecule has 1 saturated heterocycles. The highest BCUT2D eigenvalue weighted by molar-refractivity contribution is 6.00. The van der Waals surface area contributed by atoms with Crippen molar-refractivity contribution in [2.24, 2.45) is 5.92 Å². The van der Waals surface area contributed by atoms with Crippen LogP contribution in [-0.4, -0.2) is 28.6 Å². The van der Waals surface area contributed by atoms with Crippen LogP contribution in [0.5, 0.6) is 11.5 Å². The van der Waals surface area contributed by atoms with Crippen molar-refractivity contribution in [3.8, 4) is 11.5 Å². The van der Waals surface area contributed by atoms with Gasteiger partial charge in [0.1, 0.15) is 17.3 Å². The fourth-order valence-electron chi connectivity index (χ4n) is 3.17. The summed E-state index contributed by atoms with van der Waals surface area (Å²) < 4.78 is 18.6. The van der Waals surface area contributed by atoms with Crippen molar-refractivity contribution in [2.75, 3.05) is 11.4 Å². The van der Waals surface area contributed by atoms with Crippen molar-refractivity contribution in [1.82, 2.24) is 15.5 Å². The van der Waals surface area contributed by atoms with Gasteiger partial charge >= 0.3 is 0 Å². The molecule has 0 bridgehead atoms. The number of ether oxygens (including phenoxy) is 1. The summed E-state index contributed by atoms with van der Waals surface area (Å²) in [6.45, 7) is 0.695. The molecule has 1 aliphatic rings. The first-order valence-electron chi connectivity index (χ1n) is 9.18. The Labute approximate surface area is 166 Å². The number of aromatic amines is 1. The fourth-order valence-corrected chi connectivity index (χ4v) is 3.17. The number of H-pyrrole nitrogens is 1. The second-order valence-electron chi connectivity index (χ2n) is 6.78. The molecule has 2 aromatic carbocycles. The van der Waals surface area contributed by atoms with Crippen molar-refractivity contribution in [3.05, 3.63) is 72.3 Å². The maximum Gasteiger partial charge on any atom is 0.227 e. The summed E-state index contributed by atoms with van der Waals surface area (Å²) in [5.74, 6) is 0.202. The standard InChI is InChI=1S/C21H19FN4O3/c22-16-3-7-19(8-4-16)29-18-5-1-14(2-6-18)10-23-21(28)15-9-20(27)26(13-15)17-11-24-25-12-17/h1-8,11-12,15H,9-10,13H2,(H,23,28)(H,24,25)/t15-/m1/s1. The average molecular weight is 394 g/mol. The monoisotopic (exact) mass is 394 g/mol. The molecule has 1 fully saturated rings. The predicted molar refractivity (Wildman–Crippen MR) is 104 cm³/mol. The van der Waals surface area contributed by atoms with Gasteiger partial charge in [0.2, 0.25) is 11.8 Å². The van der Waals surface area contributed by atoms with Crippen LogP contribution in [-0.2, 0) is 16.1 Å². The number of nitrogens with one attached hydrogen (secondary N) is 2. The van der Waals surface area contributed by atoms with E-state index in [9.17, 15) is 14.0 Å². The van der Waals surface area contributed by atoms with E-state index in [2.05, 4.69) is 15.5 Å². The average Bonchev–Trinajstić information content (AvgIpc) is 3.38. The highest BCUT2D eigenvalue weighted by atomic mass is 19.1. The number of hydrogen-bond acceptors (Lipinski definition) is 4. The van der Waals surface area contributed by atoms with Gasteiger partial charge in [0.15, 0.2) is 0 Å². The maximum absolute atomic E-state index is 12.9. The number of carbonyl (C=O) groups is 2. The van der Waals surface area contributed by atoms with Crippen LogP contribution in [0.25, 0.3) is 0 Å². The molecular weight excluding hydrogens is 375 g/mol. The molecule has 1 atom stereocenters. The molecule has 1 aliphatic heterocycles. The number of benzene rings is 2. The van der Waals surface area contributed by atoms with Crippen LogP contribution in [0.2, 0.25) is 0 Å². The zero-order valence-corrected chi connectivity index (χ0v) is 15.5. The van der Waals surface area contributed by atoms with E-state index >= 15 is 0 Å². The minimum Gasteiger partial charge on any atom is -0.457 e. The summed E-state index contributed by atoms with van der Waals surface area (Å²) in [4.78, 5) is 26.1. The third kappa shape index (κ3) is 4.43. The number of halogens is 1. The largest absolute Gasteiger partial charge is 0.457 e. The highest BCUT2D eigenvalue weighted by Gasteiger charge is 2.35. The molecule has 29 heavy (non-hydrogen) atoms. The fraction of sp³-hybridized carbons (Fsp3) is 0.190. The lowest BCUT2D eigenvalue weighted by molar-refractivity contribution is -0.126. The molecule has 1 aromatic heterocycles. The van der Waals surface area contributed by atoms with E-state index in [0.29, 0.717) is 30.3 Å². The van der Waals surface area contributed by atoms with Gasteiger partial charge < -0.3 is 15.0 Å². The van der Waals surface area contributed by atoms with Crippen molar-refractivity contribution in [2.45, 2.75) is 13.0 Å². The van der Waals surface area contributed by atoms with Crippen LogP contribution >= 0.6 is 0 Å². The molecule has 2 amide bonds. The van der Waals surface area contributed by atoms with Crippen LogP contribution in [0.1, 0.15) is 12.0 Å². The molecule has 3 aromatic rings. The Hall–Kier alpha value is -3.68. The molecule has 4 rings (SSSR count). The highest BCUT2D eigenvalue weighted by Crippen LogP contribution is 2.25. The molecule has 0 saturated carbocycles.